The maximum atomic E-state index is 9.35. The summed E-state index contributed by atoms with van der Waals surface area (Å²) in [7, 11) is 0. The van der Waals surface area contributed by atoms with E-state index in [1.807, 2.05) is 12.1 Å². The van der Waals surface area contributed by atoms with Gasteiger partial charge >= 0.3 is 0 Å². The molecule has 20 heavy (non-hydrogen) atoms. The van der Waals surface area contributed by atoms with Crippen molar-refractivity contribution >= 4 is 11.6 Å². The molecular formula is C16H27N3O. The Morgan fingerprint density at radius 3 is 2.80 bits per heavy atom. The van der Waals surface area contributed by atoms with E-state index in [1.54, 1.807) is 0 Å². The number of aliphatic hydroxyl groups excluding tert-OH is 1. The third-order valence-corrected chi connectivity index (χ3v) is 3.94. The van der Waals surface area contributed by atoms with Gasteiger partial charge in [-0.2, -0.15) is 0 Å². The Hall–Kier alpha value is -1.29. The largest absolute Gasteiger partial charge is 0.395 e. The number of aromatic nitrogens is 1. The maximum Gasteiger partial charge on any atom is 0.131 e. The van der Waals surface area contributed by atoms with Crippen molar-refractivity contribution in [2.75, 3.05) is 29.9 Å². The van der Waals surface area contributed by atoms with E-state index < -0.39 is 0 Å². The van der Waals surface area contributed by atoms with Crippen LogP contribution in [0.3, 0.4) is 0 Å². The zero-order valence-corrected chi connectivity index (χ0v) is 12.5. The molecule has 0 amide bonds. The van der Waals surface area contributed by atoms with Crippen molar-refractivity contribution in [3.63, 3.8) is 0 Å². The molecule has 1 fully saturated rings. The molecule has 0 radical (unpaired) electrons. The minimum atomic E-state index is 0.185. The first-order valence-corrected chi connectivity index (χ1v) is 7.93. The van der Waals surface area contributed by atoms with E-state index in [0.717, 1.165) is 24.6 Å². The first-order chi connectivity index (χ1) is 9.85. The molecule has 0 unspecified atom stereocenters. The smallest absolute Gasteiger partial charge is 0.131 e. The van der Waals surface area contributed by atoms with Crippen molar-refractivity contribution in [2.45, 2.75) is 51.5 Å². The van der Waals surface area contributed by atoms with Gasteiger partial charge in [-0.3, -0.25) is 0 Å². The third-order valence-electron chi connectivity index (χ3n) is 3.94. The lowest BCUT2D eigenvalue weighted by Crippen LogP contribution is -2.39. The van der Waals surface area contributed by atoms with Gasteiger partial charge in [0.05, 0.1) is 6.61 Å². The van der Waals surface area contributed by atoms with Crippen molar-refractivity contribution in [1.82, 2.24) is 4.98 Å². The number of nitrogens with zero attached hydrogens (tertiary/aromatic N) is 2. The average molecular weight is 277 g/mol. The first-order valence-electron chi connectivity index (χ1n) is 7.93. The molecule has 1 saturated carbocycles. The Morgan fingerprint density at radius 2 is 2.10 bits per heavy atom. The fourth-order valence-corrected chi connectivity index (χ4v) is 2.92. The van der Waals surface area contributed by atoms with E-state index in [9.17, 15) is 5.11 Å². The number of hydrogen-bond donors (Lipinski definition) is 2. The van der Waals surface area contributed by atoms with Crippen molar-refractivity contribution in [3.8, 4) is 0 Å². The normalized spacial score (nSPS) is 16.1. The number of pyridine rings is 1. The van der Waals surface area contributed by atoms with Crippen LogP contribution in [0.5, 0.6) is 0 Å². The Labute approximate surface area is 122 Å². The SMILES string of the molecule is CCCNc1cccc(N(CCO)C2CCCCC2)n1. The van der Waals surface area contributed by atoms with Gasteiger partial charge in [0.15, 0.2) is 0 Å². The Kier molecular flexibility index (Phi) is 6.12. The zero-order valence-electron chi connectivity index (χ0n) is 12.5. The van der Waals surface area contributed by atoms with Crippen molar-refractivity contribution in [1.29, 1.82) is 0 Å². The van der Waals surface area contributed by atoms with E-state index in [2.05, 4.69) is 23.2 Å². The fourth-order valence-electron chi connectivity index (χ4n) is 2.92. The molecule has 0 spiro atoms. The van der Waals surface area contributed by atoms with Crippen LogP contribution in [0.4, 0.5) is 11.6 Å². The highest BCUT2D eigenvalue weighted by Gasteiger charge is 2.22. The number of aliphatic hydroxyl groups is 1. The predicted octanol–water partition coefficient (Wildman–Crippen LogP) is 3.03. The first kappa shape index (κ1) is 15.1. The van der Waals surface area contributed by atoms with Crippen LogP contribution in [0, 0.1) is 0 Å². The summed E-state index contributed by atoms with van der Waals surface area (Å²) in [4.78, 5) is 7.00. The molecule has 0 saturated heterocycles. The summed E-state index contributed by atoms with van der Waals surface area (Å²) in [5, 5.41) is 12.7. The van der Waals surface area contributed by atoms with Gasteiger partial charge in [0.1, 0.15) is 11.6 Å². The lowest BCUT2D eigenvalue weighted by molar-refractivity contribution is 0.289. The number of nitrogens with one attached hydrogen (secondary N) is 1. The second kappa shape index (κ2) is 8.10. The van der Waals surface area contributed by atoms with Crippen LogP contribution < -0.4 is 10.2 Å². The molecule has 0 atom stereocenters. The van der Waals surface area contributed by atoms with Gasteiger partial charge < -0.3 is 15.3 Å². The number of rotatable bonds is 7. The van der Waals surface area contributed by atoms with Gasteiger partial charge in [-0.25, -0.2) is 4.98 Å². The molecule has 0 bridgehead atoms. The van der Waals surface area contributed by atoms with E-state index in [4.69, 9.17) is 4.98 Å². The highest BCUT2D eigenvalue weighted by Crippen LogP contribution is 2.26. The van der Waals surface area contributed by atoms with Crippen LogP contribution in [0.2, 0.25) is 0 Å². The van der Waals surface area contributed by atoms with Crippen molar-refractivity contribution in [2.24, 2.45) is 0 Å². The molecule has 1 aliphatic carbocycles. The van der Waals surface area contributed by atoms with E-state index >= 15 is 0 Å². The van der Waals surface area contributed by atoms with E-state index in [0.29, 0.717) is 12.6 Å². The second-order valence-electron chi connectivity index (χ2n) is 5.52. The number of anilines is 2. The summed E-state index contributed by atoms with van der Waals surface area (Å²) in [6.45, 7) is 3.95. The van der Waals surface area contributed by atoms with Gasteiger partial charge in [0.25, 0.3) is 0 Å². The zero-order chi connectivity index (χ0) is 14.2. The minimum Gasteiger partial charge on any atom is -0.395 e. The standard InChI is InChI=1S/C16H27N3O/c1-2-11-17-15-9-6-10-16(18-15)19(12-13-20)14-7-4-3-5-8-14/h6,9-10,14,20H,2-5,7-8,11-13H2,1H3,(H,17,18). The lowest BCUT2D eigenvalue weighted by atomic mass is 9.94. The second-order valence-corrected chi connectivity index (χ2v) is 5.52. The Balaban J connectivity index is 2.10. The summed E-state index contributed by atoms with van der Waals surface area (Å²) < 4.78 is 0. The van der Waals surface area contributed by atoms with Gasteiger partial charge in [-0.15, -0.1) is 0 Å². The lowest BCUT2D eigenvalue weighted by Gasteiger charge is -2.35. The van der Waals surface area contributed by atoms with Crippen LogP contribution >= 0.6 is 0 Å². The summed E-state index contributed by atoms with van der Waals surface area (Å²) in [5.74, 6) is 1.93. The van der Waals surface area contributed by atoms with Crippen LogP contribution in [-0.2, 0) is 0 Å². The molecular weight excluding hydrogens is 250 g/mol. The molecule has 0 aliphatic heterocycles. The monoisotopic (exact) mass is 277 g/mol. The summed E-state index contributed by atoms with van der Waals surface area (Å²) in [5.41, 5.74) is 0. The van der Waals surface area contributed by atoms with Crippen molar-refractivity contribution < 1.29 is 5.11 Å². The molecule has 2 N–H and O–H groups in total. The predicted molar refractivity (Wildman–Crippen MR) is 84.3 cm³/mol. The van der Waals surface area contributed by atoms with Gasteiger partial charge in [0.2, 0.25) is 0 Å². The quantitative estimate of drug-likeness (QED) is 0.804. The minimum absolute atomic E-state index is 0.185. The van der Waals surface area contributed by atoms with Crippen molar-refractivity contribution in [3.05, 3.63) is 18.2 Å². The average Bonchev–Trinajstić information content (AvgIpc) is 2.52. The highest BCUT2D eigenvalue weighted by atomic mass is 16.3. The summed E-state index contributed by atoms with van der Waals surface area (Å²) in [6.07, 6.45) is 7.45. The third kappa shape index (κ3) is 4.10. The molecule has 1 heterocycles. The molecule has 4 heteroatoms. The van der Waals surface area contributed by atoms with Gasteiger partial charge in [-0.05, 0) is 31.4 Å². The molecule has 1 aliphatic rings. The van der Waals surface area contributed by atoms with Gasteiger partial charge in [-0.1, -0.05) is 32.3 Å². The molecule has 0 aromatic carbocycles. The number of hydrogen-bond acceptors (Lipinski definition) is 4. The molecule has 1 aromatic heterocycles. The van der Waals surface area contributed by atoms with E-state index in [1.165, 1.54) is 32.1 Å². The molecule has 2 rings (SSSR count). The molecule has 1 aromatic rings. The topological polar surface area (TPSA) is 48.4 Å². The molecule has 4 nitrogen and oxygen atoms in total. The van der Waals surface area contributed by atoms with E-state index in [-0.39, 0.29) is 6.61 Å². The van der Waals surface area contributed by atoms with Crippen LogP contribution in [0.25, 0.3) is 0 Å². The summed E-state index contributed by atoms with van der Waals surface area (Å²) in [6, 6.07) is 6.65. The van der Waals surface area contributed by atoms with Crippen LogP contribution in [-0.4, -0.2) is 35.8 Å². The summed E-state index contributed by atoms with van der Waals surface area (Å²) >= 11 is 0. The maximum absolute atomic E-state index is 9.35. The van der Waals surface area contributed by atoms with Crippen LogP contribution in [0.15, 0.2) is 18.2 Å². The highest BCUT2D eigenvalue weighted by molar-refractivity contribution is 5.47. The molecule has 112 valence electrons. The van der Waals surface area contributed by atoms with Crippen LogP contribution in [0.1, 0.15) is 45.4 Å². The van der Waals surface area contributed by atoms with Gasteiger partial charge in [0, 0.05) is 19.1 Å². The Bertz CT molecular complexity index is 391. The Morgan fingerprint density at radius 1 is 1.30 bits per heavy atom. The fraction of sp³-hybridized carbons (Fsp3) is 0.688.